The molecular formula is C20H20IN. The minimum absolute atomic E-state index is 1.04. The Balaban J connectivity index is 2.09. The average Bonchev–Trinajstić information content (AvgIpc) is 2.80. The lowest BCUT2D eigenvalue weighted by Crippen LogP contribution is -2.00. The Morgan fingerprint density at radius 1 is 1.05 bits per heavy atom. The predicted octanol–water partition coefficient (Wildman–Crippen LogP) is 6.27. The number of fused-ring (bicyclic) bond motifs is 1. The van der Waals surface area contributed by atoms with Gasteiger partial charge in [-0.05, 0) is 54.0 Å². The summed E-state index contributed by atoms with van der Waals surface area (Å²) in [5.74, 6) is 0. The zero-order valence-electron chi connectivity index (χ0n) is 12.8. The highest BCUT2D eigenvalue weighted by Gasteiger charge is 2.15. The molecule has 0 bridgehead atoms. The number of halogens is 1. The molecule has 0 aliphatic carbocycles. The van der Waals surface area contributed by atoms with Gasteiger partial charge in [0.25, 0.3) is 0 Å². The van der Waals surface area contributed by atoms with Gasteiger partial charge >= 0.3 is 0 Å². The van der Waals surface area contributed by atoms with Crippen LogP contribution in [-0.2, 0) is 6.54 Å². The number of para-hydroxylation sites is 1. The van der Waals surface area contributed by atoms with Gasteiger partial charge in [-0.1, -0.05) is 54.1 Å². The first-order valence-corrected chi connectivity index (χ1v) is 8.73. The van der Waals surface area contributed by atoms with E-state index in [0.29, 0.717) is 0 Å². The van der Waals surface area contributed by atoms with Crippen molar-refractivity contribution in [3.8, 4) is 11.1 Å². The van der Waals surface area contributed by atoms with Gasteiger partial charge in [-0.15, -0.1) is 6.58 Å². The molecule has 2 heteroatoms. The van der Waals surface area contributed by atoms with E-state index in [1.807, 2.05) is 0 Å². The zero-order chi connectivity index (χ0) is 15.5. The average molecular weight is 401 g/mol. The van der Waals surface area contributed by atoms with Gasteiger partial charge in [0.2, 0.25) is 0 Å². The summed E-state index contributed by atoms with van der Waals surface area (Å²) in [6.07, 6.45) is 2.22. The highest BCUT2D eigenvalue weighted by atomic mass is 127. The summed E-state index contributed by atoms with van der Waals surface area (Å²) in [6.45, 7) is 7.16. The standard InChI is InChI=1S/C20H20IN/c1-15(2)9-8-14-22-18-13-7-6-12-17(18)19(20(22)21)16-10-4-3-5-11-16/h3-7,10-13H,1,8-9,14H2,2H3. The summed E-state index contributed by atoms with van der Waals surface area (Å²) < 4.78 is 3.77. The van der Waals surface area contributed by atoms with Crippen LogP contribution in [0.3, 0.4) is 0 Å². The maximum Gasteiger partial charge on any atom is 0.0888 e. The minimum atomic E-state index is 1.04. The van der Waals surface area contributed by atoms with Crippen LogP contribution in [0.2, 0.25) is 0 Å². The molecule has 0 aliphatic heterocycles. The molecule has 0 spiro atoms. The first kappa shape index (κ1) is 15.3. The summed E-state index contributed by atoms with van der Waals surface area (Å²) in [7, 11) is 0. The second-order valence-corrected chi connectivity index (χ2v) is 6.78. The van der Waals surface area contributed by atoms with Crippen LogP contribution in [0.4, 0.5) is 0 Å². The molecule has 1 nitrogen and oxygen atoms in total. The molecule has 0 radical (unpaired) electrons. The summed E-state index contributed by atoms with van der Waals surface area (Å²) in [6, 6.07) is 19.4. The van der Waals surface area contributed by atoms with Gasteiger partial charge in [0, 0.05) is 23.0 Å². The van der Waals surface area contributed by atoms with Crippen LogP contribution in [0, 0.1) is 3.70 Å². The van der Waals surface area contributed by atoms with E-state index < -0.39 is 0 Å². The zero-order valence-corrected chi connectivity index (χ0v) is 15.0. The second kappa shape index (κ2) is 6.69. The van der Waals surface area contributed by atoms with E-state index in [2.05, 4.69) is 95.3 Å². The number of nitrogens with zero attached hydrogens (tertiary/aromatic N) is 1. The lowest BCUT2D eigenvalue weighted by molar-refractivity contribution is 0.650. The lowest BCUT2D eigenvalue weighted by Gasteiger charge is -2.08. The molecule has 1 aromatic heterocycles. The van der Waals surface area contributed by atoms with Crippen molar-refractivity contribution in [2.24, 2.45) is 0 Å². The fourth-order valence-electron chi connectivity index (χ4n) is 2.91. The van der Waals surface area contributed by atoms with Gasteiger partial charge in [0.05, 0.1) is 3.70 Å². The van der Waals surface area contributed by atoms with E-state index >= 15 is 0 Å². The number of hydrogen-bond acceptors (Lipinski definition) is 0. The van der Waals surface area contributed by atoms with Crippen LogP contribution < -0.4 is 0 Å². The molecule has 0 aliphatic rings. The maximum atomic E-state index is 4.01. The van der Waals surface area contributed by atoms with Gasteiger partial charge in [-0.2, -0.15) is 0 Å². The first-order valence-electron chi connectivity index (χ1n) is 7.65. The molecule has 0 saturated heterocycles. The minimum Gasteiger partial charge on any atom is -0.335 e. The summed E-state index contributed by atoms with van der Waals surface area (Å²) in [5, 5.41) is 1.34. The largest absolute Gasteiger partial charge is 0.335 e. The van der Waals surface area contributed by atoms with E-state index in [4.69, 9.17) is 0 Å². The van der Waals surface area contributed by atoms with E-state index in [-0.39, 0.29) is 0 Å². The van der Waals surface area contributed by atoms with Crippen molar-refractivity contribution in [1.29, 1.82) is 0 Å². The Hall–Kier alpha value is -1.55. The molecule has 112 valence electrons. The molecular weight excluding hydrogens is 381 g/mol. The molecule has 1 heterocycles. The molecule has 0 saturated carbocycles. The highest BCUT2D eigenvalue weighted by molar-refractivity contribution is 14.1. The predicted molar refractivity (Wildman–Crippen MR) is 104 cm³/mol. The van der Waals surface area contributed by atoms with Gasteiger partial charge in [0.15, 0.2) is 0 Å². The maximum absolute atomic E-state index is 4.01. The van der Waals surface area contributed by atoms with Crippen LogP contribution >= 0.6 is 22.6 Å². The molecule has 0 N–H and O–H groups in total. The van der Waals surface area contributed by atoms with Crippen molar-refractivity contribution in [2.75, 3.05) is 0 Å². The smallest absolute Gasteiger partial charge is 0.0888 e. The van der Waals surface area contributed by atoms with Gasteiger partial charge < -0.3 is 4.57 Å². The molecule has 0 amide bonds. The van der Waals surface area contributed by atoms with Gasteiger partial charge in [-0.25, -0.2) is 0 Å². The number of hydrogen-bond donors (Lipinski definition) is 0. The highest BCUT2D eigenvalue weighted by Crippen LogP contribution is 2.36. The number of aromatic nitrogens is 1. The summed E-state index contributed by atoms with van der Waals surface area (Å²) >= 11 is 2.50. The van der Waals surface area contributed by atoms with Crippen molar-refractivity contribution in [3.63, 3.8) is 0 Å². The Morgan fingerprint density at radius 3 is 2.45 bits per heavy atom. The topological polar surface area (TPSA) is 4.93 Å². The SMILES string of the molecule is C=C(C)CCCn1c(I)c(-c2ccccc2)c2ccccc21. The van der Waals surface area contributed by atoms with Crippen molar-refractivity contribution in [3.05, 3.63) is 70.5 Å². The van der Waals surface area contributed by atoms with Crippen molar-refractivity contribution in [1.82, 2.24) is 4.57 Å². The van der Waals surface area contributed by atoms with E-state index in [9.17, 15) is 0 Å². The third-order valence-corrected chi connectivity index (χ3v) is 5.08. The Kier molecular flexibility index (Phi) is 4.67. The van der Waals surface area contributed by atoms with Crippen LogP contribution in [0.5, 0.6) is 0 Å². The monoisotopic (exact) mass is 401 g/mol. The second-order valence-electron chi connectivity index (χ2n) is 5.76. The van der Waals surface area contributed by atoms with E-state index in [1.54, 1.807) is 0 Å². The molecule has 0 fully saturated rings. The Labute approximate surface area is 145 Å². The van der Waals surface area contributed by atoms with Crippen LogP contribution in [0.25, 0.3) is 22.0 Å². The van der Waals surface area contributed by atoms with Crippen molar-refractivity contribution in [2.45, 2.75) is 26.3 Å². The van der Waals surface area contributed by atoms with Gasteiger partial charge in [-0.3, -0.25) is 0 Å². The quantitative estimate of drug-likeness (QED) is 0.351. The van der Waals surface area contributed by atoms with Crippen molar-refractivity contribution < 1.29 is 0 Å². The van der Waals surface area contributed by atoms with Crippen molar-refractivity contribution >= 4 is 33.5 Å². The normalized spacial score (nSPS) is 11.0. The molecule has 0 atom stereocenters. The third-order valence-electron chi connectivity index (χ3n) is 3.96. The number of benzene rings is 2. The first-order chi connectivity index (χ1) is 10.7. The molecule has 0 unspecified atom stereocenters. The van der Waals surface area contributed by atoms with Crippen LogP contribution in [0.1, 0.15) is 19.8 Å². The molecule has 3 aromatic rings. The van der Waals surface area contributed by atoms with Crippen LogP contribution in [0.15, 0.2) is 66.7 Å². The fourth-order valence-corrected chi connectivity index (χ4v) is 4.01. The number of aryl methyl sites for hydroxylation is 1. The van der Waals surface area contributed by atoms with E-state index in [1.165, 1.54) is 31.3 Å². The number of allylic oxidation sites excluding steroid dienone is 1. The lowest BCUT2D eigenvalue weighted by atomic mass is 10.1. The summed E-state index contributed by atoms with van der Waals surface area (Å²) in [5.41, 5.74) is 5.23. The number of rotatable bonds is 5. The van der Waals surface area contributed by atoms with Crippen LogP contribution in [-0.4, -0.2) is 4.57 Å². The summed E-state index contributed by atoms with van der Waals surface area (Å²) in [4.78, 5) is 0. The third kappa shape index (κ3) is 2.98. The molecule has 2 aromatic carbocycles. The molecule has 3 rings (SSSR count). The fraction of sp³-hybridized carbons (Fsp3) is 0.200. The van der Waals surface area contributed by atoms with E-state index in [0.717, 1.165) is 19.4 Å². The Bertz CT molecular complexity index is 799. The van der Waals surface area contributed by atoms with Gasteiger partial charge in [0.1, 0.15) is 0 Å². The molecule has 22 heavy (non-hydrogen) atoms. The Morgan fingerprint density at radius 2 is 1.73 bits per heavy atom.